The highest BCUT2D eigenvalue weighted by molar-refractivity contribution is 9.10. The predicted octanol–water partition coefficient (Wildman–Crippen LogP) is 3.00. The van der Waals surface area contributed by atoms with Crippen LogP contribution in [-0.4, -0.2) is 16.0 Å². The van der Waals surface area contributed by atoms with Gasteiger partial charge in [0.25, 0.3) is 0 Å². The molecule has 1 heterocycles. The average Bonchev–Trinajstić information content (AvgIpc) is 3.00. The monoisotopic (exact) mass is 303 g/mol. The van der Waals surface area contributed by atoms with Crippen molar-refractivity contribution in [2.45, 2.75) is 31.8 Å². The third kappa shape index (κ3) is 1.71. The van der Waals surface area contributed by atoms with Gasteiger partial charge in [0.15, 0.2) is 0 Å². The minimum absolute atomic E-state index is 0.728. The molecule has 2 aliphatic carbocycles. The van der Waals surface area contributed by atoms with E-state index in [1.165, 1.54) is 34.1 Å². The quantitative estimate of drug-likeness (QED) is 0.781. The molecule has 2 aromatic rings. The van der Waals surface area contributed by atoms with Gasteiger partial charge in [-0.05, 0) is 24.5 Å². The van der Waals surface area contributed by atoms with E-state index in [2.05, 4.69) is 44.4 Å². The van der Waals surface area contributed by atoms with Crippen LogP contribution in [0.1, 0.15) is 29.9 Å². The van der Waals surface area contributed by atoms with Crippen molar-refractivity contribution in [1.82, 2.24) is 15.3 Å². The first kappa shape index (κ1) is 10.8. The fourth-order valence-electron chi connectivity index (χ4n) is 2.56. The summed E-state index contributed by atoms with van der Waals surface area (Å²) in [5, 5.41) is 3.49. The predicted molar refractivity (Wildman–Crippen MR) is 74.4 cm³/mol. The van der Waals surface area contributed by atoms with Gasteiger partial charge < -0.3 is 10.3 Å². The van der Waals surface area contributed by atoms with Gasteiger partial charge in [-0.2, -0.15) is 0 Å². The van der Waals surface area contributed by atoms with Crippen LogP contribution in [0.3, 0.4) is 0 Å². The standard InChI is InChI=1S/C14H14BrN3/c15-11-3-1-2-9-10(11)6-12-14(9)18-13(17-12)7-16-8-4-5-8/h1-3,8,16H,4-7H2,(H,17,18). The summed E-state index contributed by atoms with van der Waals surface area (Å²) >= 11 is 3.61. The number of hydrogen-bond donors (Lipinski definition) is 2. The van der Waals surface area contributed by atoms with Crippen molar-refractivity contribution in [2.24, 2.45) is 0 Å². The van der Waals surface area contributed by atoms with Crippen LogP contribution < -0.4 is 5.32 Å². The number of H-pyrrole nitrogens is 1. The second-order valence-electron chi connectivity index (χ2n) is 5.11. The summed E-state index contributed by atoms with van der Waals surface area (Å²) in [4.78, 5) is 8.19. The molecule has 2 N–H and O–H groups in total. The molecular weight excluding hydrogens is 290 g/mol. The number of benzene rings is 1. The van der Waals surface area contributed by atoms with E-state index in [1.807, 2.05) is 0 Å². The first-order valence-corrected chi connectivity index (χ1v) is 7.19. The van der Waals surface area contributed by atoms with Gasteiger partial charge in [0.2, 0.25) is 0 Å². The Balaban J connectivity index is 1.65. The first-order chi connectivity index (χ1) is 8.81. The molecule has 0 radical (unpaired) electrons. The molecule has 0 saturated heterocycles. The van der Waals surface area contributed by atoms with Crippen molar-refractivity contribution in [3.05, 3.63) is 39.8 Å². The highest BCUT2D eigenvalue weighted by atomic mass is 79.9. The smallest absolute Gasteiger partial charge is 0.121 e. The lowest BCUT2D eigenvalue weighted by Gasteiger charge is -2.02. The largest absolute Gasteiger partial charge is 0.344 e. The topological polar surface area (TPSA) is 40.7 Å². The zero-order valence-corrected chi connectivity index (χ0v) is 11.5. The molecule has 1 aromatic carbocycles. The molecule has 3 nitrogen and oxygen atoms in total. The summed E-state index contributed by atoms with van der Waals surface area (Å²) < 4.78 is 1.18. The Kier molecular flexibility index (Phi) is 2.35. The molecule has 0 spiro atoms. The van der Waals surface area contributed by atoms with Crippen LogP contribution >= 0.6 is 15.9 Å². The minimum atomic E-state index is 0.728. The van der Waals surface area contributed by atoms with Crippen molar-refractivity contribution in [1.29, 1.82) is 0 Å². The number of hydrogen-bond acceptors (Lipinski definition) is 2. The van der Waals surface area contributed by atoms with Crippen molar-refractivity contribution in [3.8, 4) is 11.3 Å². The number of nitrogens with one attached hydrogen (secondary N) is 2. The fourth-order valence-corrected chi connectivity index (χ4v) is 3.07. The fraction of sp³-hybridized carbons (Fsp3) is 0.357. The van der Waals surface area contributed by atoms with Gasteiger partial charge in [-0.1, -0.05) is 28.1 Å². The highest BCUT2D eigenvalue weighted by Crippen LogP contribution is 2.38. The van der Waals surface area contributed by atoms with E-state index in [0.717, 1.165) is 30.5 Å². The Morgan fingerprint density at radius 3 is 3.11 bits per heavy atom. The molecule has 1 aromatic heterocycles. The summed E-state index contributed by atoms with van der Waals surface area (Å²) in [5.41, 5.74) is 5.02. The van der Waals surface area contributed by atoms with E-state index in [0.29, 0.717) is 0 Å². The molecule has 4 rings (SSSR count). The lowest BCUT2D eigenvalue weighted by Crippen LogP contribution is -2.16. The Morgan fingerprint density at radius 2 is 2.28 bits per heavy atom. The number of rotatable bonds is 3. The third-order valence-electron chi connectivity index (χ3n) is 3.69. The maximum Gasteiger partial charge on any atom is 0.121 e. The van der Waals surface area contributed by atoms with Crippen molar-refractivity contribution in [2.75, 3.05) is 0 Å². The van der Waals surface area contributed by atoms with Gasteiger partial charge in [-0.3, -0.25) is 0 Å². The molecule has 4 heteroatoms. The number of nitrogens with zero attached hydrogens (tertiary/aromatic N) is 1. The van der Waals surface area contributed by atoms with E-state index >= 15 is 0 Å². The molecule has 92 valence electrons. The van der Waals surface area contributed by atoms with Crippen LogP contribution in [0.2, 0.25) is 0 Å². The lowest BCUT2D eigenvalue weighted by atomic mass is 10.1. The Labute approximate surface area is 114 Å². The zero-order chi connectivity index (χ0) is 12.1. The summed E-state index contributed by atoms with van der Waals surface area (Å²) in [5.74, 6) is 1.07. The van der Waals surface area contributed by atoms with Gasteiger partial charge in [0, 0.05) is 28.2 Å². The normalized spacial score (nSPS) is 16.7. The average molecular weight is 304 g/mol. The van der Waals surface area contributed by atoms with Gasteiger partial charge in [-0.25, -0.2) is 4.98 Å². The van der Waals surface area contributed by atoms with Crippen LogP contribution in [-0.2, 0) is 13.0 Å². The highest BCUT2D eigenvalue weighted by Gasteiger charge is 2.25. The van der Waals surface area contributed by atoms with Crippen LogP contribution in [0.25, 0.3) is 11.3 Å². The second-order valence-corrected chi connectivity index (χ2v) is 5.96. The molecule has 18 heavy (non-hydrogen) atoms. The molecule has 2 aliphatic rings. The molecule has 1 fully saturated rings. The first-order valence-electron chi connectivity index (χ1n) is 6.40. The summed E-state index contributed by atoms with van der Waals surface area (Å²) in [6.07, 6.45) is 3.59. The number of imidazole rings is 1. The van der Waals surface area contributed by atoms with E-state index in [-0.39, 0.29) is 0 Å². The van der Waals surface area contributed by atoms with Gasteiger partial charge in [-0.15, -0.1) is 0 Å². The molecule has 0 aliphatic heterocycles. The maximum absolute atomic E-state index is 4.73. The molecule has 0 amide bonds. The zero-order valence-electron chi connectivity index (χ0n) is 9.96. The Hall–Kier alpha value is -1.13. The molecule has 0 bridgehead atoms. The van der Waals surface area contributed by atoms with Crippen molar-refractivity contribution < 1.29 is 0 Å². The number of aromatic nitrogens is 2. The lowest BCUT2D eigenvalue weighted by molar-refractivity contribution is 0.662. The third-order valence-corrected chi connectivity index (χ3v) is 4.43. The van der Waals surface area contributed by atoms with Crippen LogP contribution in [0, 0.1) is 0 Å². The number of halogens is 1. The minimum Gasteiger partial charge on any atom is -0.344 e. The molecule has 1 saturated carbocycles. The maximum atomic E-state index is 4.73. The van der Waals surface area contributed by atoms with Crippen molar-refractivity contribution in [3.63, 3.8) is 0 Å². The van der Waals surface area contributed by atoms with E-state index in [4.69, 9.17) is 4.98 Å². The summed E-state index contributed by atoms with van der Waals surface area (Å²) in [6.45, 7) is 0.862. The SMILES string of the molecule is Brc1cccc2c1Cc1[nH]c(CNC3CC3)nc1-2. The summed E-state index contributed by atoms with van der Waals surface area (Å²) in [6, 6.07) is 7.06. The number of fused-ring (bicyclic) bond motifs is 3. The van der Waals surface area contributed by atoms with E-state index in [9.17, 15) is 0 Å². The van der Waals surface area contributed by atoms with Crippen molar-refractivity contribution >= 4 is 15.9 Å². The van der Waals surface area contributed by atoms with Gasteiger partial charge in [0.05, 0.1) is 12.2 Å². The Bertz CT molecular complexity index is 613. The van der Waals surface area contributed by atoms with Crippen LogP contribution in [0.4, 0.5) is 0 Å². The molecular formula is C14H14BrN3. The van der Waals surface area contributed by atoms with Crippen LogP contribution in [0.5, 0.6) is 0 Å². The molecule has 0 atom stereocenters. The molecule has 0 unspecified atom stereocenters. The Morgan fingerprint density at radius 1 is 1.39 bits per heavy atom. The van der Waals surface area contributed by atoms with E-state index < -0.39 is 0 Å². The number of aromatic amines is 1. The second kappa shape index (κ2) is 3.93. The van der Waals surface area contributed by atoms with Gasteiger partial charge >= 0.3 is 0 Å². The summed E-state index contributed by atoms with van der Waals surface area (Å²) in [7, 11) is 0. The van der Waals surface area contributed by atoms with Crippen LogP contribution in [0.15, 0.2) is 22.7 Å². The van der Waals surface area contributed by atoms with Gasteiger partial charge in [0.1, 0.15) is 5.82 Å². The van der Waals surface area contributed by atoms with E-state index in [1.54, 1.807) is 0 Å².